The molecule has 0 unspecified atom stereocenters. The van der Waals surface area contributed by atoms with Gasteiger partial charge in [0.2, 0.25) is 0 Å². The molecule has 2 rings (SSSR count). The van der Waals surface area contributed by atoms with Crippen LogP contribution in [0, 0.1) is 12.7 Å². The number of carbonyl (C=O) groups excluding carboxylic acids is 1. The molecule has 1 N–H and O–H groups in total. The van der Waals surface area contributed by atoms with Gasteiger partial charge in [-0.1, -0.05) is 41.9 Å². The fraction of sp³-hybridized carbons (Fsp3) is 0.316. The van der Waals surface area contributed by atoms with Crippen LogP contribution < -0.4 is 10.1 Å². The van der Waals surface area contributed by atoms with Gasteiger partial charge in [0.25, 0.3) is 5.91 Å². The minimum Gasteiger partial charge on any atom is -0.481 e. The summed E-state index contributed by atoms with van der Waals surface area (Å²) in [5.41, 5.74) is 2.23. The van der Waals surface area contributed by atoms with Gasteiger partial charge in [-0.05, 0) is 55.2 Å². The maximum atomic E-state index is 13.8. The van der Waals surface area contributed by atoms with Crippen molar-refractivity contribution >= 4 is 27.5 Å². The van der Waals surface area contributed by atoms with Crippen molar-refractivity contribution in [2.75, 3.05) is 5.32 Å². The lowest BCUT2D eigenvalue weighted by molar-refractivity contribution is -0.122. The van der Waals surface area contributed by atoms with E-state index in [4.69, 9.17) is 4.74 Å². The molecule has 0 bridgehead atoms. The van der Waals surface area contributed by atoms with Crippen LogP contribution in [0.2, 0.25) is 0 Å². The van der Waals surface area contributed by atoms with Crippen LogP contribution >= 0.6 is 15.9 Å². The molecule has 0 saturated carbocycles. The zero-order valence-electron chi connectivity index (χ0n) is 14.2. The number of carbonyl (C=O) groups is 1. The van der Waals surface area contributed by atoms with Crippen molar-refractivity contribution < 1.29 is 13.9 Å². The lowest BCUT2D eigenvalue weighted by atomic mass is 10.0. The van der Waals surface area contributed by atoms with Crippen molar-refractivity contribution in [1.29, 1.82) is 0 Å². The fourth-order valence-electron chi connectivity index (χ4n) is 2.29. The summed E-state index contributed by atoms with van der Waals surface area (Å²) in [6.45, 7) is 7.76. The Bertz CT molecular complexity index is 746. The summed E-state index contributed by atoms with van der Waals surface area (Å²) in [6, 6.07) is 10.4. The van der Waals surface area contributed by atoms with Crippen molar-refractivity contribution in [3.8, 4) is 5.75 Å². The van der Waals surface area contributed by atoms with Crippen molar-refractivity contribution in [3.05, 3.63) is 57.8 Å². The third kappa shape index (κ3) is 4.57. The number of anilines is 1. The van der Waals surface area contributed by atoms with E-state index in [1.165, 1.54) is 12.1 Å². The van der Waals surface area contributed by atoms with E-state index in [2.05, 4.69) is 35.1 Å². The number of aryl methyl sites for hydroxylation is 1. The molecule has 0 aliphatic heterocycles. The summed E-state index contributed by atoms with van der Waals surface area (Å²) >= 11 is 3.19. The molecule has 2 aromatic rings. The summed E-state index contributed by atoms with van der Waals surface area (Å²) in [4.78, 5) is 12.3. The summed E-state index contributed by atoms with van der Waals surface area (Å²) in [5.74, 6) is 0.0690. The molecule has 0 aliphatic rings. The van der Waals surface area contributed by atoms with E-state index in [9.17, 15) is 9.18 Å². The Balaban J connectivity index is 2.13. The highest BCUT2D eigenvalue weighted by atomic mass is 79.9. The first-order valence-electron chi connectivity index (χ1n) is 7.81. The number of amides is 1. The highest BCUT2D eigenvalue weighted by Crippen LogP contribution is 2.28. The Hall–Kier alpha value is -1.88. The monoisotopic (exact) mass is 393 g/mol. The largest absolute Gasteiger partial charge is 0.481 e. The van der Waals surface area contributed by atoms with E-state index >= 15 is 0 Å². The molecule has 5 heteroatoms. The van der Waals surface area contributed by atoms with Gasteiger partial charge in [-0.3, -0.25) is 4.79 Å². The average molecular weight is 394 g/mol. The molecule has 0 radical (unpaired) electrons. The Kier molecular flexibility index (Phi) is 5.99. The lowest BCUT2D eigenvalue weighted by Crippen LogP contribution is -2.30. The molecule has 128 valence electrons. The molecule has 0 saturated heterocycles. The zero-order valence-corrected chi connectivity index (χ0v) is 15.8. The number of benzene rings is 2. The quantitative estimate of drug-likeness (QED) is 0.735. The van der Waals surface area contributed by atoms with Crippen LogP contribution in [0.15, 0.2) is 40.9 Å². The second-order valence-corrected chi connectivity index (χ2v) is 6.99. The Morgan fingerprint density at radius 3 is 2.50 bits per heavy atom. The highest BCUT2D eigenvalue weighted by molar-refractivity contribution is 9.10. The molecule has 0 aliphatic carbocycles. The molecular formula is C19H21BrFNO2. The number of nitrogens with one attached hydrogen (secondary N) is 1. The third-order valence-corrected chi connectivity index (χ3v) is 4.15. The van der Waals surface area contributed by atoms with E-state index in [0.717, 1.165) is 11.1 Å². The van der Waals surface area contributed by atoms with E-state index in [1.54, 1.807) is 13.0 Å². The maximum absolute atomic E-state index is 13.8. The van der Waals surface area contributed by atoms with Gasteiger partial charge in [0, 0.05) is 4.47 Å². The molecule has 2 aromatic carbocycles. The minimum atomic E-state index is -0.743. The van der Waals surface area contributed by atoms with Gasteiger partial charge in [-0.2, -0.15) is 0 Å². The first-order chi connectivity index (χ1) is 11.3. The van der Waals surface area contributed by atoms with E-state index < -0.39 is 17.8 Å². The van der Waals surface area contributed by atoms with Crippen LogP contribution in [0.5, 0.6) is 5.75 Å². The molecule has 0 heterocycles. The van der Waals surface area contributed by atoms with Crippen LogP contribution in [-0.2, 0) is 4.79 Å². The van der Waals surface area contributed by atoms with Crippen LogP contribution in [0.3, 0.4) is 0 Å². The Morgan fingerprint density at radius 2 is 1.88 bits per heavy atom. The van der Waals surface area contributed by atoms with Crippen molar-refractivity contribution in [2.45, 2.75) is 39.7 Å². The van der Waals surface area contributed by atoms with Gasteiger partial charge < -0.3 is 10.1 Å². The topological polar surface area (TPSA) is 38.3 Å². The standard InChI is InChI=1S/C19H21BrFNO2/c1-11(2)15-7-5-12(3)9-18(15)24-13(4)19(23)22-17-8-6-14(20)10-16(17)21/h5-11,13H,1-4H3,(H,22,23)/t13-/m0/s1. The molecule has 0 aromatic heterocycles. The molecule has 1 atom stereocenters. The van der Waals surface area contributed by atoms with Gasteiger partial charge in [0.15, 0.2) is 6.10 Å². The second kappa shape index (κ2) is 7.79. The first kappa shape index (κ1) is 18.5. The Morgan fingerprint density at radius 1 is 1.17 bits per heavy atom. The zero-order chi connectivity index (χ0) is 17.9. The normalized spacial score (nSPS) is 12.1. The van der Waals surface area contributed by atoms with E-state index in [0.29, 0.717) is 10.2 Å². The summed E-state index contributed by atoms with van der Waals surface area (Å²) < 4.78 is 20.3. The molecule has 24 heavy (non-hydrogen) atoms. The van der Waals surface area contributed by atoms with E-state index in [1.807, 2.05) is 25.1 Å². The van der Waals surface area contributed by atoms with Crippen molar-refractivity contribution in [1.82, 2.24) is 0 Å². The van der Waals surface area contributed by atoms with Gasteiger partial charge in [0.1, 0.15) is 11.6 Å². The predicted molar refractivity (Wildman–Crippen MR) is 98.1 cm³/mol. The molecule has 0 fully saturated rings. The number of halogens is 2. The fourth-order valence-corrected chi connectivity index (χ4v) is 2.62. The van der Waals surface area contributed by atoms with Gasteiger partial charge in [-0.25, -0.2) is 4.39 Å². The number of hydrogen-bond acceptors (Lipinski definition) is 2. The summed E-state index contributed by atoms with van der Waals surface area (Å²) in [5, 5.41) is 2.56. The second-order valence-electron chi connectivity index (χ2n) is 6.07. The first-order valence-corrected chi connectivity index (χ1v) is 8.60. The average Bonchev–Trinajstić information content (AvgIpc) is 2.49. The lowest BCUT2D eigenvalue weighted by Gasteiger charge is -2.19. The van der Waals surface area contributed by atoms with Crippen LogP contribution in [0.4, 0.5) is 10.1 Å². The van der Waals surface area contributed by atoms with Crippen LogP contribution in [0.1, 0.15) is 37.8 Å². The predicted octanol–water partition coefficient (Wildman–Crippen LogP) is 5.43. The van der Waals surface area contributed by atoms with Gasteiger partial charge >= 0.3 is 0 Å². The number of rotatable bonds is 5. The molecule has 0 spiro atoms. The van der Waals surface area contributed by atoms with E-state index in [-0.39, 0.29) is 11.6 Å². The molecular weight excluding hydrogens is 373 g/mol. The molecule has 1 amide bonds. The number of hydrogen-bond donors (Lipinski definition) is 1. The molecule has 3 nitrogen and oxygen atoms in total. The SMILES string of the molecule is Cc1ccc(C(C)C)c(O[C@@H](C)C(=O)Nc2ccc(Br)cc2F)c1. The van der Waals surface area contributed by atoms with Gasteiger partial charge in [0.05, 0.1) is 5.69 Å². The third-order valence-electron chi connectivity index (χ3n) is 3.65. The highest BCUT2D eigenvalue weighted by Gasteiger charge is 2.19. The van der Waals surface area contributed by atoms with Crippen LogP contribution in [-0.4, -0.2) is 12.0 Å². The maximum Gasteiger partial charge on any atom is 0.265 e. The van der Waals surface area contributed by atoms with Crippen molar-refractivity contribution in [3.63, 3.8) is 0 Å². The summed E-state index contributed by atoms with van der Waals surface area (Å²) in [7, 11) is 0. The van der Waals surface area contributed by atoms with Crippen molar-refractivity contribution in [2.24, 2.45) is 0 Å². The smallest absolute Gasteiger partial charge is 0.265 e. The summed E-state index contributed by atoms with van der Waals surface area (Å²) in [6.07, 6.45) is -0.743. The number of ether oxygens (including phenoxy) is 1. The van der Waals surface area contributed by atoms with Gasteiger partial charge in [-0.15, -0.1) is 0 Å². The van der Waals surface area contributed by atoms with Crippen LogP contribution in [0.25, 0.3) is 0 Å². The Labute approximate surface area is 150 Å². The minimum absolute atomic E-state index is 0.131.